The highest BCUT2D eigenvalue weighted by molar-refractivity contribution is 7.98. The second-order valence-corrected chi connectivity index (χ2v) is 6.19. The number of hydrogen-bond acceptors (Lipinski definition) is 5. The summed E-state index contributed by atoms with van der Waals surface area (Å²) in [5, 5.41) is 1.34. The molecule has 0 unspecified atom stereocenters. The van der Waals surface area contributed by atoms with Crippen molar-refractivity contribution < 1.29 is 4.74 Å². The van der Waals surface area contributed by atoms with Crippen LogP contribution in [0.25, 0.3) is 0 Å². The number of thioether (sulfide) groups is 1. The standard InChI is InChI=1S/C15H18ClN3OS/c1-8(2)10-6-12(9(3)5-11(10)16)20-14-7-13(17)18-15(19-14)21-4/h5-8H,1-4H3,(H2,17,18,19). The fourth-order valence-electron chi connectivity index (χ4n) is 1.90. The molecule has 0 aliphatic carbocycles. The molecular formula is C15H18ClN3OS. The highest BCUT2D eigenvalue weighted by Crippen LogP contribution is 2.33. The first-order valence-electron chi connectivity index (χ1n) is 6.57. The smallest absolute Gasteiger partial charge is 0.225 e. The zero-order chi connectivity index (χ0) is 15.6. The van der Waals surface area contributed by atoms with Crippen LogP contribution >= 0.6 is 23.4 Å². The zero-order valence-corrected chi connectivity index (χ0v) is 14.0. The van der Waals surface area contributed by atoms with Gasteiger partial charge in [0.25, 0.3) is 0 Å². The number of halogens is 1. The van der Waals surface area contributed by atoms with Gasteiger partial charge in [-0.2, -0.15) is 4.98 Å². The molecule has 0 spiro atoms. The SMILES string of the molecule is CSc1nc(N)cc(Oc2cc(C(C)C)c(Cl)cc2C)n1. The molecule has 21 heavy (non-hydrogen) atoms. The molecular weight excluding hydrogens is 306 g/mol. The summed E-state index contributed by atoms with van der Waals surface area (Å²) >= 11 is 7.69. The van der Waals surface area contributed by atoms with Gasteiger partial charge >= 0.3 is 0 Å². The van der Waals surface area contributed by atoms with E-state index in [1.54, 1.807) is 6.07 Å². The Kier molecular flexibility index (Phi) is 4.96. The third kappa shape index (κ3) is 3.80. The molecule has 2 rings (SSSR count). The second-order valence-electron chi connectivity index (χ2n) is 5.01. The summed E-state index contributed by atoms with van der Waals surface area (Å²) in [7, 11) is 0. The topological polar surface area (TPSA) is 61.0 Å². The number of benzene rings is 1. The number of nitrogen functional groups attached to an aromatic ring is 1. The maximum absolute atomic E-state index is 6.27. The Labute approximate surface area is 134 Å². The van der Waals surface area contributed by atoms with Gasteiger partial charge in [0.2, 0.25) is 5.88 Å². The molecule has 2 N–H and O–H groups in total. The Balaban J connectivity index is 2.39. The Bertz CT molecular complexity index is 662. The maximum atomic E-state index is 6.27. The predicted molar refractivity (Wildman–Crippen MR) is 88.6 cm³/mol. The third-order valence-electron chi connectivity index (χ3n) is 3.02. The van der Waals surface area contributed by atoms with Crippen molar-refractivity contribution in [1.29, 1.82) is 0 Å². The largest absolute Gasteiger partial charge is 0.439 e. The molecule has 1 aromatic heterocycles. The highest BCUT2D eigenvalue weighted by atomic mass is 35.5. The molecule has 1 aromatic carbocycles. The lowest BCUT2D eigenvalue weighted by Crippen LogP contribution is -1.99. The molecule has 0 amide bonds. The van der Waals surface area contributed by atoms with E-state index in [4.69, 9.17) is 22.1 Å². The van der Waals surface area contributed by atoms with Crippen LogP contribution in [0.5, 0.6) is 11.6 Å². The van der Waals surface area contributed by atoms with Crippen molar-refractivity contribution >= 4 is 29.2 Å². The first-order valence-corrected chi connectivity index (χ1v) is 8.17. The van der Waals surface area contributed by atoms with Gasteiger partial charge in [0, 0.05) is 11.1 Å². The van der Waals surface area contributed by atoms with Gasteiger partial charge in [-0.05, 0) is 42.4 Å². The van der Waals surface area contributed by atoms with Gasteiger partial charge in [-0.25, -0.2) is 4.98 Å². The monoisotopic (exact) mass is 323 g/mol. The molecule has 6 heteroatoms. The van der Waals surface area contributed by atoms with Crippen LogP contribution in [0.1, 0.15) is 30.9 Å². The summed E-state index contributed by atoms with van der Waals surface area (Å²) in [6.45, 7) is 6.13. The number of aromatic nitrogens is 2. The van der Waals surface area contributed by atoms with E-state index >= 15 is 0 Å². The highest BCUT2D eigenvalue weighted by Gasteiger charge is 2.12. The molecule has 0 fully saturated rings. The van der Waals surface area contributed by atoms with E-state index in [2.05, 4.69) is 23.8 Å². The molecule has 2 aromatic rings. The summed E-state index contributed by atoms with van der Waals surface area (Å²) in [4.78, 5) is 8.41. The first-order chi connectivity index (χ1) is 9.90. The molecule has 0 saturated heterocycles. The minimum atomic E-state index is 0.317. The van der Waals surface area contributed by atoms with Crippen LogP contribution in [0, 0.1) is 6.92 Å². The van der Waals surface area contributed by atoms with Crippen LogP contribution in [0.2, 0.25) is 5.02 Å². The van der Waals surface area contributed by atoms with Crippen molar-refractivity contribution in [2.24, 2.45) is 0 Å². The van der Waals surface area contributed by atoms with Crippen LogP contribution in [0.15, 0.2) is 23.4 Å². The molecule has 4 nitrogen and oxygen atoms in total. The normalized spacial score (nSPS) is 11.0. The molecule has 112 valence electrons. The van der Waals surface area contributed by atoms with Crippen molar-refractivity contribution in [3.8, 4) is 11.6 Å². The van der Waals surface area contributed by atoms with Crippen molar-refractivity contribution in [3.63, 3.8) is 0 Å². The predicted octanol–water partition coefficient (Wildman–Crippen LogP) is 4.66. The Morgan fingerprint density at radius 2 is 1.95 bits per heavy atom. The van der Waals surface area contributed by atoms with Crippen LogP contribution in [0.3, 0.4) is 0 Å². The summed E-state index contributed by atoms with van der Waals surface area (Å²) in [5.74, 6) is 1.87. The van der Waals surface area contributed by atoms with Gasteiger partial charge in [-0.15, -0.1) is 0 Å². The molecule has 0 saturated carbocycles. The average molecular weight is 324 g/mol. The minimum Gasteiger partial charge on any atom is -0.439 e. The van der Waals surface area contributed by atoms with E-state index in [0.717, 1.165) is 21.9 Å². The van der Waals surface area contributed by atoms with Crippen molar-refractivity contribution in [2.75, 3.05) is 12.0 Å². The van der Waals surface area contributed by atoms with Crippen LogP contribution in [-0.4, -0.2) is 16.2 Å². The molecule has 0 aliphatic rings. The fraction of sp³-hybridized carbons (Fsp3) is 0.333. The number of aryl methyl sites for hydroxylation is 1. The van der Waals surface area contributed by atoms with Crippen LogP contribution < -0.4 is 10.5 Å². The fourth-order valence-corrected chi connectivity index (χ4v) is 2.71. The van der Waals surface area contributed by atoms with E-state index in [9.17, 15) is 0 Å². The lowest BCUT2D eigenvalue weighted by Gasteiger charge is -2.14. The number of nitrogens with zero attached hydrogens (tertiary/aromatic N) is 2. The van der Waals surface area contributed by atoms with Crippen LogP contribution in [0.4, 0.5) is 5.82 Å². The van der Waals surface area contributed by atoms with E-state index in [0.29, 0.717) is 22.8 Å². The van der Waals surface area contributed by atoms with Gasteiger partial charge in [-0.1, -0.05) is 37.2 Å². The number of ether oxygens (including phenoxy) is 1. The quantitative estimate of drug-likeness (QED) is 0.655. The molecule has 0 aliphatic heterocycles. The van der Waals surface area contributed by atoms with Gasteiger partial charge in [0.05, 0.1) is 0 Å². The Morgan fingerprint density at radius 1 is 1.24 bits per heavy atom. The third-order valence-corrected chi connectivity index (χ3v) is 3.89. The van der Waals surface area contributed by atoms with Gasteiger partial charge < -0.3 is 10.5 Å². The number of hydrogen-bond donors (Lipinski definition) is 1. The minimum absolute atomic E-state index is 0.317. The van der Waals surface area contributed by atoms with Gasteiger partial charge in [0.1, 0.15) is 11.6 Å². The number of anilines is 1. The van der Waals surface area contributed by atoms with E-state index in [1.165, 1.54) is 11.8 Å². The lowest BCUT2D eigenvalue weighted by molar-refractivity contribution is 0.452. The number of nitrogens with two attached hydrogens (primary N) is 1. The first kappa shape index (κ1) is 15.9. The summed E-state index contributed by atoms with van der Waals surface area (Å²) in [5.41, 5.74) is 7.76. The van der Waals surface area contributed by atoms with E-state index < -0.39 is 0 Å². The molecule has 1 heterocycles. The van der Waals surface area contributed by atoms with Gasteiger partial charge in [-0.3, -0.25) is 0 Å². The zero-order valence-electron chi connectivity index (χ0n) is 12.5. The average Bonchev–Trinajstić information content (AvgIpc) is 2.40. The maximum Gasteiger partial charge on any atom is 0.225 e. The van der Waals surface area contributed by atoms with E-state index in [1.807, 2.05) is 25.3 Å². The summed E-state index contributed by atoms with van der Waals surface area (Å²) < 4.78 is 5.88. The Morgan fingerprint density at radius 3 is 2.57 bits per heavy atom. The molecule has 0 bridgehead atoms. The lowest BCUT2D eigenvalue weighted by atomic mass is 10.0. The van der Waals surface area contributed by atoms with Crippen LogP contribution in [-0.2, 0) is 0 Å². The molecule has 0 radical (unpaired) electrons. The van der Waals surface area contributed by atoms with Crippen molar-refractivity contribution in [1.82, 2.24) is 9.97 Å². The van der Waals surface area contributed by atoms with Crippen molar-refractivity contribution in [3.05, 3.63) is 34.3 Å². The second kappa shape index (κ2) is 6.54. The summed E-state index contributed by atoms with van der Waals surface area (Å²) in [6, 6.07) is 5.48. The van der Waals surface area contributed by atoms with E-state index in [-0.39, 0.29) is 0 Å². The van der Waals surface area contributed by atoms with Gasteiger partial charge in [0.15, 0.2) is 5.16 Å². The molecule has 0 atom stereocenters. The van der Waals surface area contributed by atoms with Crippen molar-refractivity contribution in [2.45, 2.75) is 31.8 Å². The summed E-state index contributed by atoms with van der Waals surface area (Å²) in [6.07, 6.45) is 1.89. The Hall–Kier alpha value is -1.46. The number of rotatable bonds is 4.